The van der Waals surface area contributed by atoms with E-state index >= 15 is 0 Å². The Kier molecular flexibility index (Phi) is 4.18. The van der Waals surface area contributed by atoms with E-state index < -0.39 is 17.8 Å². The predicted octanol–water partition coefficient (Wildman–Crippen LogP) is 3.47. The van der Waals surface area contributed by atoms with E-state index in [0.29, 0.717) is 11.3 Å². The maximum Gasteiger partial charge on any atom is 0.416 e. The lowest BCUT2D eigenvalue weighted by Gasteiger charge is -2.20. The van der Waals surface area contributed by atoms with Crippen LogP contribution in [0.15, 0.2) is 36.7 Å². The number of hydrogen-bond acceptors (Lipinski definition) is 3. The fourth-order valence-corrected chi connectivity index (χ4v) is 2.16. The average molecular weight is 296 g/mol. The van der Waals surface area contributed by atoms with Crippen LogP contribution in [0.2, 0.25) is 0 Å². The van der Waals surface area contributed by atoms with Gasteiger partial charge in [-0.05, 0) is 24.6 Å². The van der Waals surface area contributed by atoms with Gasteiger partial charge in [0.15, 0.2) is 0 Å². The first kappa shape index (κ1) is 15.3. The molecule has 2 rings (SSSR count). The highest BCUT2D eigenvalue weighted by atomic mass is 19.4. The largest absolute Gasteiger partial charge is 0.496 e. The molecule has 0 fully saturated rings. The van der Waals surface area contributed by atoms with Gasteiger partial charge in [-0.3, -0.25) is 4.98 Å². The molecule has 1 unspecified atom stereocenters. The Labute approximate surface area is 120 Å². The topological polar surface area (TPSA) is 48.1 Å². The molecular weight excluding hydrogens is 281 g/mol. The van der Waals surface area contributed by atoms with Gasteiger partial charge in [0.05, 0.1) is 18.7 Å². The van der Waals surface area contributed by atoms with Gasteiger partial charge in [0.1, 0.15) is 5.75 Å². The molecule has 0 spiro atoms. The standard InChI is InChI=1S/C15H15F3N2O/c1-9-3-4-10(13(7-9)21-2)14(19)11-8-20-6-5-12(11)15(16,17)18/h3-8,14H,19H2,1-2H3. The number of rotatable bonds is 3. The maximum atomic E-state index is 13.1. The van der Waals surface area contributed by atoms with Gasteiger partial charge in [0, 0.05) is 23.5 Å². The van der Waals surface area contributed by atoms with Gasteiger partial charge >= 0.3 is 6.18 Å². The van der Waals surface area contributed by atoms with Crippen LogP contribution in [0.5, 0.6) is 5.75 Å². The summed E-state index contributed by atoms with van der Waals surface area (Å²) in [4.78, 5) is 3.76. The summed E-state index contributed by atoms with van der Waals surface area (Å²) < 4.78 is 44.4. The smallest absolute Gasteiger partial charge is 0.416 e. The molecular formula is C15H15F3N2O. The van der Waals surface area contributed by atoms with E-state index in [-0.39, 0.29) is 5.56 Å². The summed E-state index contributed by atoms with van der Waals surface area (Å²) in [6.45, 7) is 1.86. The van der Waals surface area contributed by atoms with Gasteiger partial charge in [-0.25, -0.2) is 0 Å². The number of aryl methyl sites for hydroxylation is 1. The summed E-state index contributed by atoms with van der Waals surface area (Å²) in [6.07, 6.45) is -2.23. The number of methoxy groups -OCH3 is 1. The van der Waals surface area contributed by atoms with Crippen LogP contribution in [0, 0.1) is 6.92 Å². The summed E-state index contributed by atoms with van der Waals surface area (Å²) in [6, 6.07) is 5.15. The molecule has 0 saturated carbocycles. The molecule has 0 aliphatic rings. The first-order chi connectivity index (χ1) is 9.84. The molecule has 0 radical (unpaired) electrons. The van der Waals surface area contributed by atoms with Crippen molar-refractivity contribution in [2.75, 3.05) is 7.11 Å². The second-order valence-electron chi connectivity index (χ2n) is 4.68. The molecule has 0 amide bonds. The Morgan fingerprint density at radius 3 is 2.52 bits per heavy atom. The highest BCUT2D eigenvalue weighted by molar-refractivity contribution is 5.45. The monoisotopic (exact) mass is 296 g/mol. The lowest BCUT2D eigenvalue weighted by atomic mass is 9.95. The van der Waals surface area contributed by atoms with Crippen LogP contribution in [0.4, 0.5) is 13.2 Å². The van der Waals surface area contributed by atoms with Crippen molar-refractivity contribution < 1.29 is 17.9 Å². The first-order valence-corrected chi connectivity index (χ1v) is 6.26. The maximum absolute atomic E-state index is 13.1. The number of halogens is 3. The van der Waals surface area contributed by atoms with Crippen molar-refractivity contribution in [3.63, 3.8) is 0 Å². The van der Waals surface area contributed by atoms with Gasteiger partial charge in [0.25, 0.3) is 0 Å². The van der Waals surface area contributed by atoms with Crippen molar-refractivity contribution in [3.05, 3.63) is 58.9 Å². The van der Waals surface area contributed by atoms with Crippen molar-refractivity contribution in [1.82, 2.24) is 4.98 Å². The van der Waals surface area contributed by atoms with E-state index in [2.05, 4.69) is 4.98 Å². The molecule has 0 aliphatic carbocycles. The van der Waals surface area contributed by atoms with E-state index in [1.165, 1.54) is 7.11 Å². The zero-order chi connectivity index (χ0) is 15.6. The van der Waals surface area contributed by atoms with Crippen LogP contribution in [-0.4, -0.2) is 12.1 Å². The Balaban J connectivity index is 2.53. The fraction of sp³-hybridized carbons (Fsp3) is 0.267. The van der Waals surface area contributed by atoms with Crippen molar-refractivity contribution in [3.8, 4) is 5.75 Å². The van der Waals surface area contributed by atoms with Crippen LogP contribution >= 0.6 is 0 Å². The molecule has 6 heteroatoms. The number of pyridine rings is 1. The van der Waals surface area contributed by atoms with Crippen LogP contribution in [0.3, 0.4) is 0 Å². The Morgan fingerprint density at radius 1 is 1.19 bits per heavy atom. The summed E-state index contributed by atoms with van der Waals surface area (Å²) in [5, 5.41) is 0. The highest BCUT2D eigenvalue weighted by Gasteiger charge is 2.35. The lowest BCUT2D eigenvalue weighted by Crippen LogP contribution is -2.19. The predicted molar refractivity (Wildman–Crippen MR) is 73.0 cm³/mol. The van der Waals surface area contributed by atoms with E-state index in [0.717, 1.165) is 24.0 Å². The Hall–Kier alpha value is -2.08. The minimum Gasteiger partial charge on any atom is -0.496 e. The van der Waals surface area contributed by atoms with E-state index in [9.17, 15) is 13.2 Å². The second kappa shape index (κ2) is 5.73. The third-order valence-electron chi connectivity index (χ3n) is 3.22. The first-order valence-electron chi connectivity index (χ1n) is 6.26. The molecule has 0 bridgehead atoms. The van der Waals surface area contributed by atoms with Crippen LogP contribution in [0.1, 0.15) is 28.3 Å². The number of ether oxygens (including phenoxy) is 1. The minimum atomic E-state index is -4.48. The Bertz CT molecular complexity index is 641. The van der Waals surface area contributed by atoms with Gasteiger partial charge in [-0.1, -0.05) is 12.1 Å². The fourth-order valence-electron chi connectivity index (χ4n) is 2.16. The van der Waals surface area contributed by atoms with Crippen molar-refractivity contribution in [2.24, 2.45) is 5.73 Å². The summed E-state index contributed by atoms with van der Waals surface area (Å²) in [7, 11) is 1.46. The number of hydrogen-bond donors (Lipinski definition) is 1. The molecule has 3 nitrogen and oxygen atoms in total. The SMILES string of the molecule is COc1cc(C)ccc1C(N)c1cnccc1C(F)(F)F. The highest BCUT2D eigenvalue weighted by Crippen LogP contribution is 2.37. The molecule has 1 atom stereocenters. The zero-order valence-electron chi connectivity index (χ0n) is 11.6. The summed E-state index contributed by atoms with van der Waals surface area (Å²) in [5.41, 5.74) is 6.58. The van der Waals surface area contributed by atoms with Gasteiger partial charge in [-0.15, -0.1) is 0 Å². The number of alkyl halides is 3. The molecule has 0 saturated heterocycles. The van der Waals surface area contributed by atoms with E-state index in [4.69, 9.17) is 10.5 Å². The normalized spacial score (nSPS) is 13.0. The molecule has 0 aliphatic heterocycles. The Morgan fingerprint density at radius 2 is 1.90 bits per heavy atom. The molecule has 2 N–H and O–H groups in total. The third kappa shape index (κ3) is 3.16. The van der Waals surface area contributed by atoms with Crippen LogP contribution in [-0.2, 0) is 6.18 Å². The average Bonchev–Trinajstić information content (AvgIpc) is 2.45. The van der Waals surface area contributed by atoms with Crippen molar-refractivity contribution in [2.45, 2.75) is 19.1 Å². The molecule has 1 heterocycles. The van der Waals surface area contributed by atoms with Gasteiger partial charge in [-0.2, -0.15) is 13.2 Å². The van der Waals surface area contributed by atoms with E-state index in [1.807, 2.05) is 6.92 Å². The number of nitrogens with zero attached hydrogens (tertiary/aromatic N) is 1. The lowest BCUT2D eigenvalue weighted by molar-refractivity contribution is -0.138. The molecule has 112 valence electrons. The molecule has 1 aromatic carbocycles. The minimum absolute atomic E-state index is 0.0767. The van der Waals surface area contributed by atoms with E-state index in [1.54, 1.807) is 18.2 Å². The van der Waals surface area contributed by atoms with Crippen LogP contribution < -0.4 is 10.5 Å². The van der Waals surface area contributed by atoms with Gasteiger partial charge in [0.2, 0.25) is 0 Å². The number of benzene rings is 1. The summed E-state index contributed by atoms with van der Waals surface area (Å²) in [5.74, 6) is 0.458. The molecule has 1 aromatic heterocycles. The molecule has 2 aromatic rings. The van der Waals surface area contributed by atoms with Crippen LogP contribution in [0.25, 0.3) is 0 Å². The molecule has 21 heavy (non-hydrogen) atoms. The number of nitrogens with two attached hydrogens (primary N) is 1. The third-order valence-corrected chi connectivity index (χ3v) is 3.22. The van der Waals surface area contributed by atoms with Gasteiger partial charge < -0.3 is 10.5 Å². The van der Waals surface area contributed by atoms with Crippen molar-refractivity contribution >= 4 is 0 Å². The number of aromatic nitrogens is 1. The summed E-state index contributed by atoms with van der Waals surface area (Å²) >= 11 is 0. The van der Waals surface area contributed by atoms with Crippen molar-refractivity contribution in [1.29, 1.82) is 0 Å². The zero-order valence-corrected chi connectivity index (χ0v) is 11.6. The second-order valence-corrected chi connectivity index (χ2v) is 4.68. The quantitative estimate of drug-likeness (QED) is 0.943.